The molecule has 3 atom stereocenters. The van der Waals surface area contributed by atoms with Crippen molar-refractivity contribution in [3.8, 4) is 0 Å². The first-order valence-corrected chi connectivity index (χ1v) is 18.0. The zero-order valence-electron chi connectivity index (χ0n) is 24.9. The quantitative estimate of drug-likeness (QED) is 0.112. The number of nitrogens with two attached hydrogens (primary N) is 1. The number of ether oxygens (including phenoxy) is 2. The summed E-state index contributed by atoms with van der Waals surface area (Å²) in [5.74, 6) is 0.688. The van der Waals surface area contributed by atoms with Crippen LogP contribution in [0, 0.1) is 3.57 Å². The van der Waals surface area contributed by atoms with Crippen molar-refractivity contribution in [2.45, 2.75) is 51.2 Å². The lowest BCUT2D eigenvalue weighted by atomic mass is 9.99. The van der Waals surface area contributed by atoms with Crippen LogP contribution in [-0.2, 0) is 45.4 Å². The number of phosphoric ester groups is 1. The first-order chi connectivity index (χ1) is 21.8. The van der Waals surface area contributed by atoms with Crippen molar-refractivity contribution < 1.29 is 32.4 Å². The van der Waals surface area contributed by atoms with E-state index in [1.54, 1.807) is 18.4 Å². The van der Waals surface area contributed by atoms with Gasteiger partial charge in [0.2, 0.25) is 5.12 Å². The largest absolute Gasteiger partial charge is 0.475 e. The van der Waals surface area contributed by atoms with Gasteiger partial charge in [0.05, 0.1) is 32.8 Å². The molecule has 0 saturated carbocycles. The summed E-state index contributed by atoms with van der Waals surface area (Å²) in [5.41, 5.74) is 7.21. The number of hydrogen-bond donors (Lipinski definition) is 1. The number of nitrogens with zero attached hydrogens (tertiary/aromatic N) is 4. The predicted octanol–water partition coefficient (Wildman–Crippen LogP) is 5.96. The number of benzene rings is 2. The van der Waals surface area contributed by atoms with Crippen LogP contribution in [0.5, 0.6) is 0 Å². The molecule has 0 bridgehead atoms. The summed E-state index contributed by atoms with van der Waals surface area (Å²) < 4.78 is 46.4. The Morgan fingerprint density at radius 3 is 2.58 bits per heavy atom. The van der Waals surface area contributed by atoms with E-state index in [4.69, 9.17) is 28.8 Å². The van der Waals surface area contributed by atoms with E-state index in [1.807, 2.05) is 54.6 Å². The van der Waals surface area contributed by atoms with E-state index in [2.05, 4.69) is 37.5 Å². The maximum atomic E-state index is 14.4. The third-order valence-corrected chi connectivity index (χ3v) is 10.9. The summed E-state index contributed by atoms with van der Waals surface area (Å²) in [5, 5.41) is -0.327. The number of anilines is 1. The first-order valence-electron chi connectivity index (χ1n) is 14.5. The van der Waals surface area contributed by atoms with Crippen LogP contribution in [0.25, 0.3) is 11.2 Å². The number of aromatic nitrogens is 4. The molecule has 0 spiro atoms. The van der Waals surface area contributed by atoms with E-state index in [-0.39, 0.29) is 43.8 Å². The van der Waals surface area contributed by atoms with E-state index >= 15 is 0 Å². The van der Waals surface area contributed by atoms with Crippen molar-refractivity contribution in [1.82, 2.24) is 19.5 Å². The second-order valence-corrected chi connectivity index (χ2v) is 14.0. The number of nitrogen functional groups attached to an aromatic ring is 1. The standard InChI is InChI=1S/C30H35IN5O7PS/c1-3-40-44(38,41-4-2)43-24-16-25(36-20-35-26-27(32)33-19-34-28(26)36)42-30(24,18-39-17-21-10-6-5-7-11-21)29(37)45-15-14-22-12-8-9-13-23(22)31/h5-13,19-20,24-25H,3-4,14-18H2,1-2H3,(H2,32,33,34)/t24-,25+,30+/m0/s1. The monoisotopic (exact) mass is 767 g/mol. The van der Waals surface area contributed by atoms with Crippen LogP contribution in [0.3, 0.4) is 0 Å². The number of rotatable bonds is 15. The van der Waals surface area contributed by atoms with Gasteiger partial charge in [0.15, 0.2) is 17.1 Å². The van der Waals surface area contributed by atoms with Crippen LogP contribution in [-0.4, -0.2) is 61.9 Å². The fourth-order valence-electron chi connectivity index (χ4n) is 5.03. The fourth-order valence-corrected chi connectivity index (χ4v) is 8.07. The number of thioether (sulfide) groups is 1. The van der Waals surface area contributed by atoms with Crippen molar-refractivity contribution >= 4 is 64.3 Å². The van der Waals surface area contributed by atoms with Gasteiger partial charge < -0.3 is 15.2 Å². The van der Waals surface area contributed by atoms with Crippen LogP contribution in [0.4, 0.5) is 5.82 Å². The van der Waals surface area contributed by atoms with Gasteiger partial charge in [-0.1, -0.05) is 60.3 Å². The Labute approximate surface area is 279 Å². The molecule has 45 heavy (non-hydrogen) atoms. The molecule has 15 heteroatoms. The van der Waals surface area contributed by atoms with E-state index in [0.29, 0.717) is 23.3 Å². The minimum absolute atomic E-state index is 0.0759. The van der Waals surface area contributed by atoms with E-state index in [0.717, 1.165) is 26.5 Å². The predicted molar refractivity (Wildman–Crippen MR) is 179 cm³/mol. The maximum absolute atomic E-state index is 14.4. The van der Waals surface area contributed by atoms with Gasteiger partial charge in [-0.15, -0.1) is 0 Å². The lowest BCUT2D eigenvalue weighted by Crippen LogP contribution is -2.51. The highest BCUT2D eigenvalue weighted by Crippen LogP contribution is 2.55. The zero-order valence-corrected chi connectivity index (χ0v) is 28.8. The van der Waals surface area contributed by atoms with Gasteiger partial charge in [-0.3, -0.25) is 22.9 Å². The van der Waals surface area contributed by atoms with Gasteiger partial charge in [0, 0.05) is 15.7 Å². The van der Waals surface area contributed by atoms with E-state index in [9.17, 15) is 9.36 Å². The maximum Gasteiger partial charge on any atom is 0.475 e. The van der Waals surface area contributed by atoms with Gasteiger partial charge in [-0.25, -0.2) is 19.5 Å². The highest BCUT2D eigenvalue weighted by Gasteiger charge is 2.58. The number of halogens is 1. The molecule has 12 nitrogen and oxygen atoms in total. The molecule has 240 valence electrons. The Balaban J connectivity index is 1.49. The highest BCUT2D eigenvalue weighted by atomic mass is 127. The lowest BCUT2D eigenvalue weighted by Gasteiger charge is -2.33. The van der Waals surface area contributed by atoms with Gasteiger partial charge in [-0.2, -0.15) is 0 Å². The molecule has 1 fully saturated rings. The fraction of sp³-hybridized carbons (Fsp3) is 0.400. The Hall–Kier alpha value is -2.43. The first kappa shape index (κ1) is 33.9. The molecule has 0 unspecified atom stereocenters. The molecule has 0 radical (unpaired) electrons. The molecular weight excluding hydrogens is 732 g/mol. The number of phosphoric acid groups is 1. The van der Waals surface area contributed by atoms with E-state index < -0.39 is 25.8 Å². The van der Waals surface area contributed by atoms with Gasteiger partial charge in [0.1, 0.15) is 24.2 Å². The van der Waals surface area contributed by atoms with Crippen molar-refractivity contribution in [2.24, 2.45) is 0 Å². The van der Waals surface area contributed by atoms with E-state index in [1.165, 1.54) is 12.7 Å². The minimum atomic E-state index is -4.09. The highest BCUT2D eigenvalue weighted by molar-refractivity contribution is 14.1. The molecule has 1 aliphatic rings. The molecule has 3 heterocycles. The Morgan fingerprint density at radius 1 is 1.11 bits per heavy atom. The van der Waals surface area contributed by atoms with Crippen molar-refractivity contribution in [2.75, 3.05) is 31.3 Å². The summed E-state index contributed by atoms with van der Waals surface area (Å²) in [6.07, 6.45) is 1.74. The molecule has 2 N–H and O–H groups in total. The number of carbonyl (C=O) groups is 1. The average Bonchev–Trinajstić information content (AvgIpc) is 3.62. The topological polar surface area (TPSA) is 150 Å². The number of carbonyl (C=O) groups excluding carboxylic acids is 1. The molecule has 5 rings (SSSR count). The summed E-state index contributed by atoms with van der Waals surface area (Å²) in [7, 11) is -4.09. The number of aryl methyl sites for hydroxylation is 1. The molecule has 2 aromatic heterocycles. The van der Waals surface area contributed by atoms with Crippen LogP contribution in [0.2, 0.25) is 0 Å². The molecule has 1 saturated heterocycles. The molecule has 0 aliphatic carbocycles. The Bertz CT molecular complexity index is 1640. The normalized spacial score (nSPS) is 20.2. The second-order valence-electron chi connectivity index (χ2n) is 10.1. The molecular formula is C30H35IN5O7PS. The van der Waals surface area contributed by atoms with Crippen molar-refractivity contribution in [1.29, 1.82) is 0 Å². The number of fused-ring (bicyclic) bond motifs is 1. The molecule has 0 amide bonds. The average molecular weight is 768 g/mol. The minimum Gasteiger partial charge on any atom is -0.382 e. The van der Waals surface area contributed by atoms with Gasteiger partial charge in [-0.05, 0) is 60.1 Å². The second kappa shape index (κ2) is 15.4. The van der Waals surface area contributed by atoms with Crippen LogP contribution >= 0.6 is 42.2 Å². The van der Waals surface area contributed by atoms with Crippen LogP contribution in [0.15, 0.2) is 67.3 Å². The Kier molecular flexibility index (Phi) is 11.6. The van der Waals surface area contributed by atoms with Crippen molar-refractivity contribution in [3.63, 3.8) is 0 Å². The van der Waals surface area contributed by atoms with Crippen LogP contribution in [0.1, 0.15) is 37.6 Å². The van der Waals surface area contributed by atoms with Crippen LogP contribution < -0.4 is 5.73 Å². The van der Waals surface area contributed by atoms with Gasteiger partial charge in [0.25, 0.3) is 0 Å². The summed E-state index contributed by atoms with van der Waals surface area (Å²) in [6.45, 7) is 3.56. The smallest absolute Gasteiger partial charge is 0.382 e. The third kappa shape index (κ3) is 7.93. The number of imidazole rings is 1. The zero-order chi connectivity index (χ0) is 31.9. The van der Waals surface area contributed by atoms with Gasteiger partial charge >= 0.3 is 7.82 Å². The SMILES string of the molecule is CCOP(=O)(OCC)O[C@H]1C[C@H](n2cnc3c(N)ncnc32)O[C@@]1(COCc1ccccc1)C(=O)SCCc1ccccc1I. The van der Waals surface area contributed by atoms with Crippen molar-refractivity contribution in [3.05, 3.63) is 81.9 Å². The summed E-state index contributed by atoms with van der Waals surface area (Å²) in [6, 6.07) is 17.6. The molecule has 4 aromatic rings. The lowest BCUT2D eigenvalue weighted by molar-refractivity contribution is -0.160. The molecule has 2 aromatic carbocycles. The summed E-state index contributed by atoms with van der Waals surface area (Å²) in [4.78, 5) is 27.1. The molecule has 1 aliphatic heterocycles. The third-order valence-electron chi connectivity index (χ3n) is 7.15. The summed E-state index contributed by atoms with van der Waals surface area (Å²) >= 11 is 3.40. The Morgan fingerprint density at radius 2 is 1.84 bits per heavy atom. The number of hydrogen-bond acceptors (Lipinski definition) is 12.